The summed E-state index contributed by atoms with van der Waals surface area (Å²) in [7, 11) is 0. The van der Waals surface area contributed by atoms with Gasteiger partial charge in [0.1, 0.15) is 17.5 Å². The monoisotopic (exact) mass is 432 g/mol. The molecule has 32 heavy (non-hydrogen) atoms. The van der Waals surface area contributed by atoms with E-state index < -0.39 is 29.8 Å². The molecule has 0 aliphatic carbocycles. The molecule has 6 nitrogen and oxygen atoms in total. The first-order valence-corrected chi connectivity index (χ1v) is 10.5. The Morgan fingerprint density at radius 3 is 2.22 bits per heavy atom. The summed E-state index contributed by atoms with van der Waals surface area (Å²) >= 11 is 0. The minimum absolute atomic E-state index is 0.330. The van der Waals surface area contributed by atoms with E-state index in [1.165, 1.54) is 24.3 Å². The van der Waals surface area contributed by atoms with Gasteiger partial charge in [-0.05, 0) is 61.0 Å². The first kappa shape index (κ1) is 20.2. The van der Waals surface area contributed by atoms with Crippen molar-refractivity contribution >= 4 is 23.2 Å². The van der Waals surface area contributed by atoms with Gasteiger partial charge in [-0.15, -0.1) is 0 Å². The van der Waals surface area contributed by atoms with Gasteiger partial charge in [0.15, 0.2) is 6.10 Å². The molecule has 5 rings (SSSR count). The molecular formula is C25H21FN2O4. The van der Waals surface area contributed by atoms with Gasteiger partial charge in [-0.1, -0.05) is 30.3 Å². The molecule has 0 radical (unpaired) electrons. The lowest BCUT2D eigenvalue weighted by Crippen LogP contribution is -2.37. The van der Waals surface area contributed by atoms with Crippen LogP contribution in [0.1, 0.15) is 18.5 Å². The van der Waals surface area contributed by atoms with Gasteiger partial charge in [0.25, 0.3) is 5.91 Å². The van der Waals surface area contributed by atoms with Crippen molar-refractivity contribution in [2.24, 2.45) is 5.92 Å². The Kier molecular flexibility index (Phi) is 5.11. The van der Waals surface area contributed by atoms with Crippen molar-refractivity contribution in [3.63, 3.8) is 0 Å². The Morgan fingerprint density at radius 2 is 1.56 bits per heavy atom. The summed E-state index contributed by atoms with van der Waals surface area (Å²) in [5.41, 5.74) is 1.90. The summed E-state index contributed by atoms with van der Waals surface area (Å²) < 4.78 is 18.9. The number of fused-ring (bicyclic) bond motifs is 1. The summed E-state index contributed by atoms with van der Waals surface area (Å²) in [6.45, 7) is 2.46. The van der Waals surface area contributed by atoms with Gasteiger partial charge in [0.2, 0.25) is 5.91 Å². The molecule has 0 saturated carbocycles. The van der Waals surface area contributed by atoms with Crippen molar-refractivity contribution in [3.05, 3.63) is 90.2 Å². The third-order valence-electron chi connectivity index (χ3n) is 5.74. The van der Waals surface area contributed by atoms with Crippen LogP contribution >= 0.6 is 0 Å². The van der Waals surface area contributed by atoms with E-state index >= 15 is 0 Å². The highest BCUT2D eigenvalue weighted by Crippen LogP contribution is 2.47. The van der Waals surface area contributed by atoms with E-state index in [4.69, 9.17) is 9.57 Å². The molecule has 3 aromatic rings. The second-order valence-corrected chi connectivity index (χ2v) is 7.65. The second-order valence-electron chi connectivity index (χ2n) is 7.65. The van der Waals surface area contributed by atoms with Crippen LogP contribution in [0.25, 0.3) is 0 Å². The fourth-order valence-electron chi connectivity index (χ4n) is 4.32. The second kappa shape index (κ2) is 8.09. The number of benzene rings is 3. The number of nitrogens with zero attached hydrogens (tertiary/aromatic N) is 2. The molecule has 0 aromatic heterocycles. The molecule has 162 valence electrons. The van der Waals surface area contributed by atoms with Crippen molar-refractivity contribution < 1.29 is 23.6 Å². The van der Waals surface area contributed by atoms with Crippen molar-refractivity contribution in [1.82, 2.24) is 0 Å². The van der Waals surface area contributed by atoms with Gasteiger partial charge in [-0.2, -0.15) is 0 Å². The first-order valence-electron chi connectivity index (χ1n) is 10.5. The van der Waals surface area contributed by atoms with Crippen molar-refractivity contribution in [3.8, 4) is 5.75 Å². The molecule has 2 fully saturated rings. The van der Waals surface area contributed by atoms with Gasteiger partial charge in [0.05, 0.1) is 24.0 Å². The molecule has 0 bridgehead atoms. The Balaban J connectivity index is 1.55. The van der Waals surface area contributed by atoms with Crippen molar-refractivity contribution in [2.75, 3.05) is 16.6 Å². The zero-order valence-corrected chi connectivity index (χ0v) is 17.4. The number of amides is 2. The molecule has 0 N–H and O–H groups in total. The Labute approximate surface area is 184 Å². The van der Waals surface area contributed by atoms with E-state index in [2.05, 4.69) is 0 Å². The molecular weight excluding hydrogens is 411 g/mol. The molecule has 3 atom stereocenters. The number of carbonyl (C=O) groups excluding carboxylic acids is 2. The number of para-hydroxylation sites is 1. The lowest BCUT2D eigenvalue weighted by Gasteiger charge is -2.28. The lowest BCUT2D eigenvalue weighted by atomic mass is 9.90. The number of rotatable bonds is 5. The molecule has 0 spiro atoms. The fourth-order valence-corrected chi connectivity index (χ4v) is 4.32. The predicted octanol–water partition coefficient (Wildman–Crippen LogP) is 4.28. The fraction of sp³-hybridized carbons (Fsp3) is 0.200. The van der Waals surface area contributed by atoms with E-state index in [1.54, 1.807) is 5.06 Å². The smallest absolute Gasteiger partial charge is 0.266 e. The third-order valence-corrected chi connectivity index (χ3v) is 5.74. The van der Waals surface area contributed by atoms with Gasteiger partial charge in [0, 0.05) is 0 Å². The number of carbonyl (C=O) groups is 2. The minimum atomic E-state index is -0.968. The number of hydrogen-bond donors (Lipinski definition) is 0. The van der Waals surface area contributed by atoms with Gasteiger partial charge < -0.3 is 4.74 Å². The number of imide groups is 1. The molecule has 2 heterocycles. The van der Waals surface area contributed by atoms with Crippen LogP contribution in [0.5, 0.6) is 5.75 Å². The Bertz CT molecular complexity index is 1130. The average molecular weight is 432 g/mol. The van der Waals surface area contributed by atoms with Gasteiger partial charge in [-0.25, -0.2) is 14.4 Å². The molecule has 2 amide bonds. The van der Waals surface area contributed by atoms with Crippen LogP contribution in [0.15, 0.2) is 78.9 Å². The Hall–Kier alpha value is -3.71. The maximum Gasteiger partial charge on any atom is 0.266 e. The Morgan fingerprint density at radius 1 is 0.875 bits per heavy atom. The molecule has 0 unspecified atom stereocenters. The first-order chi connectivity index (χ1) is 15.6. The maximum atomic E-state index is 13.5. The molecule has 2 aliphatic heterocycles. The van der Waals surface area contributed by atoms with Crippen LogP contribution in [0.3, 0.4) is 0 Å². The molecule has 2 saturated heterocycles. The van der Waals surface area contributed by atoms with Crippen molar-refractivity contribution in [1.29, 1.82) is 0 Å². The minimum Gasteiger partial charge on any atom is -0.494 e. The standard InChI is InChI=1S/C25H21FN2O4/c1-2-31-20-14-8-16(9-15-20)22-21-23(32-28(22)19-6-4-3-5-7-19)25(30)27(24(21)29)18-12-10-17(26)11-13-18/h3-15,21-23H,2H2,1H3/t21-,22+,23-/m1/s1. The van der Waals surface area contributed by atoms with E-state index in [-0.39, 0.29) is 5.91 Å². The third kappa shape index (κ3) is 3.31. The molecule has 3 aromatic carbocycles. The summed E-state index contributed by atoms with van der Waals surface area (Å²) in [6, 6.07) is 21.6. The van der Waals surface area contributed by atoms with E-state index in [0.717, 1.165) is 21.9 Å². The highest BCUT2D eigenvalue weighted by Gasteiger charge is 2.60. The van der Waals surface area contributed by atoms with Crippen LogP contribution in [-0.2, 0) is 14.4 Å². The summed E-state index contributed by atoms with van der Waals surface area (Å²) in [4.78, 5) is 33.9. The number of hydroxylamine groups is 1. The van der Waals surface area contributed by atoms with Gasteiger partial charge >= 0.3 is 0 Å². The van der Waals surface area contributed by atoms with Crippen molar-refractivity contribution in [2.45, 2.75) is 19.1 Å². The summed E-state index contributed by atoms with van der Waals surface area (Å²) in [5, 5.41) is 1.64. The highest BCUT2D eigenvalue weighted by molar-refractivity contribution is 6.23. The zero-order valence-electron chi connectivity index (χ0n) is 17.4. The SMILES string of the molecule is CCOc1ccc([C@H]2[C@H]3C(=O)N(c4ccc(F)cc4)C(=O)[C@@H]3ON2c2ccccc2)cc1. The largest absolute Gasteiger partial charge is 0.494 e. The average Bonchev–Trinajstić information content (AvgIpc) is 3.32. The summed E-state index contributed by atoms with van der Waals surface area (Å²) in [6.07, 6.45) is -0.968. The summed E-state index contributed by atoms with van der Waals surface area (Å²) in [5.74, 6) is -1.29. The zero-order chi connectivity index (χ0) is 22.2. The van der Waals surface area contributed by atoms with E-state index in [0.29, 0.717) is 12.3 Å². The molecule has 7 heteroatoms. The molecule has 2 aliphatic rings. The van der Waals surface area contributed by atoms with Crippen LogP contribution in [0, 0.1) is 11.7 Å². The number of halogens is 1. The normalized spacial score (nSPS) is 22.4. The van der Waals surface area contributed by atoms with E-state index in [9.17, 15) is 14.0 Å². The topological polar surface area (TPSA) is 59.1 Å². The van der Waals surface area contributed by atoms with E-state index in [1.807, 2.05) is 61.5 Å². The van der Waals surface area contributed by atoms with Crippen LogP contribution in [0.2, 0.25) is 0 Å². The van der Waals surface area contributed by atoms with Crippen LogP contribution in [0.4, 0.5) is 15.8 Å². The van der Waals surface area contributed by atoms with Crippen LogP contribution in [-0.4, -0.2) is 24.5 Å². The highest BCUT2D eigenvalue weighted by atomic mass is 19.1. The number of anilines is 2. The maximum absolute atomic E-state index is 13.5. The number of ether oxygens (including phenoxy) is 1. The quantitative estimate of drug-likeness (QED) is 0.564. The van der Waals surface area contributed by atoms with Crippen LogP contribution < -0.4 is 14.7 Å². The number of hydrogen-bond acceptors (Lipinski definition) is 5. The lowest BCUT2D eigenvalue weighted by molar-refractivity contribution is -0.126. The predicted molar refractivity (Wildman–Crippen MR) is 117 cm³/mol. The van der Waals surface area contributed by atoms with Gasteiger partial charge in [-0.3, -0.25) is 14.4 Å².